The average molecular weight is 348 g/mol. The molecule has 0 N–H and O–H groups in total. The number of aromatic nitrogens is 1. The smallest absolute Gasteiger partial charge is 0.307 e. The molecule has 0 unspecified atom stereocenters. The number of likely N-dealkylation sites (tertiary alicyclic amines) is 1. The third kappa shape index (κ3) is 3.64. The zero-order valence-corrected chi connectivity index (χ0v) is 15.1. The molecule has 5 nitrogen and oxygen atoms in total. The molecule has 0 aliphatic carbocycles. The minimum atomic E-state index is 0.00868. The molecule has 3 rings (SSSR count). The second-order valence-corrected chi connectivity index (χ2v) is 7.27. The third-order valence-corrected chi connectivity index (χ3v) is 5.57. The molecule has 1 amide bonds. The van der Waals surface area contributed by atoms with E-state index in [2.05, 4.69) is 0 Å². The van der Waals surface area contributed by atoms with E-state index in [9.17, 15) is 9.59 Å². The lowest BCUT2D eigenvalue weighted by Crippen LogP contribution is -2.35. The number of furan rings is 1. The van der Waals surface area contributed by atoms with Gasteiger partial charge in [0.2, 0.25) is 5.91 Å². The van der Waals surface area contributed by atoms with Crippen LogP contribution < -0.4 is 4.87 Å². The molecule has 3 heterocycles. The number of nitrogens with zero attached hydrogens (tertiary/aromatic N) is 2. The van der Waals surface area contributed by atoms with Gasteiger partial charge in [0, 0.05) is 30.6 Å². The Balaban J connectivity index is 1.73. The van der Waals surface area contributed by atoms with Crippen LogP contribution in [-0.2, 0) is 11.3 Å². The molecule has 1 aliphatic heterocycles. The fourth-order valence-electron chi connectivity index (χ4n) is 3.36. The number of hydrogen-bond donors (Lipinski definition) is 0. The summed E-state index contributed by atoms with van der Waals surface area (Å²) in [5.41, 5.74) is 0.923. The molecule has 130 valence electrons. The number of rotatable bonds is 4. The largest absolute Gasteiger partial charge is 0.464 e. The highest BCUT2D eigenvalue weighted by Crippen LogP contribution is 2.31. The van der Waals surface area contributed by atoms with E-state index in [0.29, 0.717) is 13.0 Å². The van der Waals surface area contributed by atoms with Crippen molar-refractivity contribution < 1.29 is 9.21 Å². The van der Waals surface area contributed by atoms with Gasteiger partial charge in [-0.2, -0.15) is 0 Å². The number of aryl methyl sites for hydroxylation is 2. The fourth-order valence-corrected chi connectivity index (χ4v) is 4.12. The summed E-state index contributed by atoms with van der Waals surface area (Å²) in [6.45, 7) is 5.05. The molecule has 2 aromatic rings. The Bertz CT molecular complexity index is 758. The van der Waals surface area contributed by atoms with Gasteiger partial charge in [-0.25, -0.2) is 0 Å². The van der Waals surface area contributed by atoms with Crippen molar-refractivity contribution in [2.75, 3.05) is 6.54 Å². The molecule has 1 aliphatic rings. The van der Waals surface area contributed by atoms with Gasteiger partial charge in [-0.05, 0) is 38.8 Å². The van der Waals surface area contributed by atoms with Crippen LogP contribution in [0.15, 0.2) is 26.7 Å². The van der Waals surface area contributed by atoms with Crippen LogP contribution in [0.1, 0.15) is 55.4 Å². The zero-order chi connectivity index (χ0) is 17.1. The number of hydrogen-bond acceptors (Lipinski definition) is 4. The van der Waals surface area contributed by atoms with Crippen LogP contribution in [0.4, 0.5) is 0 Å². The number of thiazole rings is 1. The normalized spacial score (nSPS) is 18.6. The van der Waals surface area contributed by atoms with Crippen LogP contribution in [0, 0.1) is 13.8 Å². The highest BCUT2D eigenvalue weighted by Gasteiger charge is 2.28. The van der Waals surface area contributed by atoms with Crippen molar-refractivity contribution in [3.05, 3.63) is 44.4 Å². The average Bonchev–Trinajstić information content (AvgIpc) is 3.02. The summed E-state index contributed by atoms with van der Waals surface area (Å²) in [5, 5.41) is 1.84. The summed E-state index contributed by atoms with van der Waals surface area (Å²) < 4.78 is 7.49. The lowest BCUT2D eigenvalue weighted by atomic mass is 10.1. The van der Waals surface area contributed by atoms with Crippen LogP contribution in [0.25, 0.3) is 0 Å². The Morgan fingerprint density at radius 3 is 2.79 bits per heavy atom. The molecule has 0 spiro atoms. The molecule has 0 aromatic carbocycles. The first kappa shape index (κ1) is 17.0. The SMILES string of the molecule is Cc1ccc([C@@H]2CCCCCN2C(=O)CCn2c(C)csc2=O)o1. The summed E-state index contributed by atoms with van der Waals surface area (Å²) in [5.74, 6) is 1.86. The molecule has 24 heavy (non-hydrogen) atoms. The monoisotopic (exact) mass is 348 g/mol. The van der Waals surface area contributed by atoms with E-state index >= 15 is 0 Å². The first-order valence-corrected chi connectivity index (χ1v) is 9.45. The second-order valence-electron chi connectivity index (χ2n) is 6.45. The molecule has 6 heteroatoms. The lowest BCUT2D eigenvalue weighted by Gasteiger charge is -2.29. The molecule has 0 radical (unpaired) electrons. The Kier molecular flexibility index (Phi) is 5.23. The van der Waals surface area contributed by atoms with Crippen LogP contribution >= 0.6 is 11.3 Å². The highest BCUT2D eigenvalue weighted by atomic mass is 32.1. The maximum absolute atomic E-state index is 12.8. The van der Waals surface area contributed by atoms with E-state index in [-0.39, 0.29) is 16.8 Å². The quantitative estimate of drug-likeness (QED) is 0.847. The Morgan fingerprint density at radius 2 is 2.12 bits per heavy atom. The van der Waals surface area contributed by atoms with E-state index in [1.165, 1.54) is 11.3 Å². The van der Waals surface area contributed by atoms with Crippen molar-refractivity contribution in [1.29, 1.82) is 0 Å². The maximum atomic E-state index is 12.8. The number of carbonyl (C=O) groups is 1. The van der Waals surface area contributed by atoms with Gasteiger partial charge in [0.1, 0.15) is 11.5 Å². The molecule has 1 saturated heterocycles. The topological polar surface area (TPSA) is 55.5 Å². The predicted octanol–water partition coefficient (Wildman–Crippen LogP) is 3.65. The van der Waals surface area contributed by atoms with E-state index < -0.39 is 0 Å². The van der Waals surface area contributed by atoms with Gasteiger partial charge in [0.25, 0.3) is 0 Å². The van der Waals surface area contributed by atoms with E-state index in [4.69, 9.17) is 4.42 Å². The van der Waals surface area contributed by atoms with Gasteiger partial charge in [-0.3, -0.25) is 9.59 Å². The van der Waals surface area contributed by atoms with Crippen molar-refractivity contribution in [3.8, 4) is 0 Å². The van der Waals surface area contributed by atoms with E-state index in [0.717, 1.165) is 49.4 Å². The van der Waals surface area contributed by atoms with Crippen LogP contribution in [-0.4, -0.2) is 21.9 Å². The summed E-state index contributed by atoms with van der Waals surface area (Å²) in [6.07, 6.45) is 4.57. The molecule has 1 atom stereocenters. The van der Waals surface area contributed by atoms with Gasteiger partial charge in [-0.1, -0.05) is 24.2 Å². The van der Waals surface area contributed by atoms with Gasteiger partial charge in [-0.15, -0.1) is 0 Å². The fraction of sp³-hybridized carbons (Fsp3) is 0.556. The molecular formula is C18H24N2O3S. The van der Waals surface area contributed by atoms with E-state index in [1.54, 1.807) is 4.57 Å². The Morgan fingerprint density at radius 1 is 1.29 bits per heavy atom. The minimum absolute atomic E-state index is 0.00868. The number of carbonyl (C=O) groups excluding carboxylic acids is 1. The van der Waals surface area contributed by atoms with Gasteiger partial charge in [0.05, 0.1) is 6.04 Å². The summed E-state index contributed by atoms with van der Waals surface area (Å²) in [6, 6.07) is 3.96. The molecular weight excluding hydrogens is 324 g/mol. The van der Waals surface area contributed by atoms with Crippen molar-refractivity contribution >= 4 is 17.2 Å². The first-order valence-electron chi connectivity index (χ1n) is 8.57. The minimum Gasteiger partial charge on any atom is -0.464 e. The van der Waals surface area contributed by atoms with Gasteiger partial charge < -0.3 is 13.9 Å². The highest BCUT2D eigenvalue weighted by molar-refractivity contribution is 7.07. The molecule has 0 saturated carbocycles. The summed E-state index contributed by atoms with van der Waals surface area (Å²) in [4.78, 5) is 26.6. The molecule has 0 bridgehead atoms. The maximum Gasteiger partial charge on any atom is 0.307 e. The van der Waals surface area contributed by atoms with Crippen molar-refractivity contribution in [1.82, 2.24) is 9.47 Å². The van der Waals surface area contributed by atoms with E-state index in [1.807, 2.05) is 36.3 Å². The molecule has 2 aromatic heterocycles. The van der Waals surface area contributed by atoms with Crippen LogP contribution in [0.2, 0.25) is 0 Å². The first-order chi connectivity index (χ1) is 11.6. The lowest BCUT2D eigenvalue weighted by molar-refractivity contribution is -0.134. The van der Waals surface area contributed by atoms with Crippen molar-refractivity contribution in [3.63, 3.8) is 0 Å². The third-order valence-electron chi connectivity index (χ3n) is 4.69. The van der Waals surface area contributed by atoms with Gasteiger partial charge in [0.15, 0.2) is 0 Å². The summed E-state index contributed by atoms with van der Waals surface area (Å²) >= 11 is 1.19. The van der Waals surface area contributed by atoms with Crippen LogP contribution in [0.3, 0.4) is 0 Å². The Labute approximate surface area is 145 Å². The van der Waals surface area contributed by atoms with Crippen LogP contribution in [0.5, 0.6) is 0 Å². The Hall–Kier alpha value is -1.82. The molecule has 1 fully saturated rings. The zero-order valence-electron chi connectivity index (χ0n) is 14.3. The van der Waals surface area contributed by atoms with Gasteiger partial charge >= 0.3 is 4.87 Å². The predicted molar refractivity (Wildman–Crippen MR) is 94.3 cm³/mol. The second kappa shape index (κ2) is 7.38. The van der Waals surface area contributed by atoms with Crippen molar-refractivity contribution in [2.24, 2.45) is 0 Å². The van der Waals surface area contributed by atoms with Crippen molar-refractivity contribution in [2.45, 2.75) is 58.5 Å². The standard InChI is InChI=1S/C18H24N2O3S/c1-13-12-24-18(22)19(13)11-9-17(21)20-10-5-3-4-6-15(20)16-8-7-14(2)23-16/h7-8,12,15H,3-6,9-11H2,1-2H3/t15-/m0/s1. The number of amides is 1. The summed E-state index contributed by atoms with van der Waals surface area (Å²) in [7, 11) is 0.